The van der Waals surface area contributed by atoms with Gasteiger partial charge >= 0.3 is 0 Å². The number of pyridine rings is 1. The van der Waals surface area contributed by atoms with Gasteiger partial charge in [-0.1, -0.05) is 0 Å². The highest BCUT2D eigenvalue weighted by Crippen LogP contribution is 2.09. The van der Waals surface area contributed by atoms with Crippen LogP contribution in [0.15, 0.2) is 23.3 Å². The molecule has 4 heteroatoms. The molecule has 1 aliphatic heterocycles. The maximum Gasteiger partial charge on any atom is 0.151 e. The lowest BCUT2D eigenvalue weighted by Gasteiger charge is -2.09. The third-order valence-corrected chi connectivity index (χ3v) is 2.53. The van der Waals surface area contributed by atoms with Gasteiger partial charge in [0.05, 0.1) is 11.9 Å². The largest absolute Gasteiger partial charge is 0.397 e. The number of aromatic nitrogens is 1. The summed E-state index contributed by atoms with van der Waals surface area (Å²) in [6, 6.07) is 3.64. The second kappa shape index (κ2) is 4.89. The summed E-state index contributed by atoms with van der Waals surface area (Å²) in [7, 11) is 0. The Labute approximate surface area is 89.8 Å². The molecular weight excluding hydrogens is 188 g/mol. The number of anilines is 1. The summed E-state index contributed by atoms with van der Waals surface area (Å²) in [6.07, 6.45) is 6.17. The normalized spacial score (nSPS) is 17.6. The van der Waals surface area contributed by atoms with Crippen molar-refractivity contribution in [3.05, 3.63) is 18.3 Å². The topological polar surface area (TPSA) is 54.5 Å². The Morgan fingerprint density at radius 3 is 2.87 bits per heavy atom. The van der Waals surface area contributed by atoms with Crippen molar-refractivity contribution in [2.75, 3.05) is 25.4 Å². The Hall–Kier alpha value is -1.42. The molecule has 4 nitrogen and oxygen atoms in total. The lowest BCUT2D eigenvalue weighted by atomic mass is 10.4. The van der Waals surface area contributed by atoms with Crippen molar-refractivity contribution >= 4 is 17.7 Å². The van der Waals surface area contributed by atoms with E-state index >= 15 is 0 Å². The predicted molar refractivity (Wildman–Crippen MR) is 62.5 cm³/mol. The van der Waals surface area contributed by atoms with Crippen LogP contribution in [-0.4, -0.2) is 35.7 Å². The molecule has 0 bridgehead atoms. The van der Waals surface area contributed by atoms with Crippen LogP contribution in [0.25, 0.3) is 0 Å². The molecule has 2 N–H and O–H groups in total. The highest BCUT2D eigenvalue weighted by molar-refractivity contribution is 5.64. The van der Waals surface area contributed by atoms with Crippen LogP contribution in [0.3, 0.4) is 0 Å². The van der Waals surface area contributed by atoms with Gasteiger partial charge in [-0.3, -0.25) is 4.90 Å². The molecule has 1 aliphatic rings. The van der Waals surface area contributed by atoms with Crippen LogP contribution < -0.4 is 5.73 Å². The number of rotatable bonds is 3. The van der Waals surface area contributed by atoms with Crippen molar-refractivity contribution in [2.45, 2.75) is 12.8 Å². The molecule has 15 heavy (non-hydrogen) atoms. The Morgan fingerprint density at radius 2 is 2.20 bits per heavy atom. The minimum absolute atomic E-state index is 0.675. The zero-order chi connectivity index (χ0) is 10.5. The van der Waals surface area contributed by atoms with Crippen LogP contribution in [-0.2, 0) is 0 Å². The lowest BCUT2D eigenvalue weighted by molar-refractivity contribution is 0.391. The van der Waals surface area contributed by atoms with E-state index in [9.17, 15) is 0 Å². The fraction of sp³-hybridized carbons (Fsp3) is 0.455. The molecule has 0 radical (unpaired) electrons. The Morgan fingerprint density at radius 1 is 1.40 bits per heavy atom. The molecule has 1 fully saturated rings. The summed E-state index contributed by atoms with van der Waals surface area (Å²) in [5.74, 6) is 0.725. The average Bonchev–Trinajstić information content (AvgIpc) is 2.74. The number of nitrogen functional groups attached to an aromatic ring is 1. The second-order valence-corrected chi connectivity index (χ2v) is 3.77. The van der Waals surface area contributed by atoms with Crippen LogP contribution in [0, 0.1) is 0 Å². The summed E-state index contributed by atoms with van der Waals surface area (Å²) >= 11 is 0. The van der Waals surface area contributed by atoms with Crippen molar-refractivity contribution in [1.29, 1.82) is 0 Å². The van der Waals surface area contributed by atoms with E-state index in [1.54, 1.807) is 6.20 Å². The van der Waals surface area contributed by atoms with Crippen molar-refractivity contribution in [3.63, 3.8) is 0 Å². The van der Waals surface area contributed by atoms with Crippen LogP contribution in [0.1, 0.15) is 12.8 Å². The minimum atomic E-state index is 0.675. The fourth-order valence-electron chi connectivity index (χ4n) is 1.69. The monoisotopic (exact) mass is 204 g/mol. The minimum Gasteiger partial charge on any atom is -0.397 e. The molecule has 2 heterocycles. The molecule has 0 atom stereocenters. The zero-order valence-electron chi connectivity index (χ0n) is 8.76. The zero-order valence-corrected chi connectivity index (χ0v) is 8.76. The molecule has 80 valence electrons. The molecule has 1 aromatic rings. The maximum atomic E-state index is 5.53. The van der Waals surface area contributed by atoms with Crippen LogP contribution in [0.2, 0.25) is 0 Å². The molecular formula is C11H16N4. The van der Waals surface area contributed by atoms with E-state index in [1.807, 2.05) is 18.3 Å². The van der Waals surface area contributed by atoms with Gasteiger partial charge in [0.2, 0.25) is 0 Å². The van der Waals surface area contributed by atoms with Gasteiger partial charge in [0, 0.05) is 12.8 Å². The van der Waals surface area contributed by atoms with Gasteiger partial charge in [0.25, 0.3) is 0 Å². The van der Waals surface area contributed by atoms with E-state index in [-0.39, 0.29) is 0 Å². The molecule has 1 aromatic heterocycles. The third kappa shape index (κ3) is 3.02. The smallest absolute Gasteiger partial charge is 0.151 e. The molecule has 2 rings (SSSR count). The summed E-state index contributed by atoms with van der Waals surface area (Å²) in [6.45, 7) is 3.31. The summed E-state index contributed by atoms with van der Waals surface area (Å²) < 4.78 is 0. The standard InChI is InChI=1S/C11H16N4/c12-10-3-4-11(14-9-10)13-5-8-15-6-1-2-7-15/h3-5,9H,1-2,6-8,12H2. The van der Waals surface area contributed by atoms with Crippen LogP contribution in [0.4, 0.5) is 11.5 Å². The third-order valence-electron chi connectivity index (χ3n) is 2.53. The Bertz CT molecular complexity index is 325. The lowest BCUT2D eigenvalue weighted by Crippen LogP contribution is -2.21. The first-order valence-electron chi connectivity index (χ1n) is 5.31. The molecule has 0 saturated carbocycles. The predicted octanol–water partition coefficient (Wildman–Crippen LogP) is 1.46. The van der Waals surface area contributed by atoms with Crippen molar-refractivity contribution in [3.8, 4) is 0 Å². The highest BCUT2D eigenvalue weighted by atomic mass is 15.1. The van der Waals surface area contributed by atoms with Crippen LogP contribution >= 0.6 is 0 Å². The number of nitrogens with zero attached hydrogens (tertiary/aromatic N) is 3. The summed E-state index contributed by atoms with van der Waals surface area (Å²) in [5.41, 5.74) is 6.21. The van der Waals surface area contributed by atoms with Gasteiger partial charge in [0.1, 0.15) is 0 Å². The van der Waals surface area contributed by atoms with Gasteiger partial charge in [-0.25, -0.2) is 9.98 Å². The van der Waals surface area contributed by atoms with Gasteiger partial charge in [-0.15, -0.1) is 0 Å². The van der Waals surface area contributed by atoms with E-state index in [4.69, 9.17) is 5.73 Å². The number of hydrogen-bond acceptors (Lipinski definition) is 4. The van der Waals surface area contributed by atoms with E-state index in [0.29, 0.717) is 5.69 Å². The molecule has 0 aliphatic carbocycles. The second-order valence-electron chi connectivity index (χ2n) is 3.77. The van der Waals surface area contributed by atoms with E-state index in [1.165, 1.54) is 25.9 Å². The van der Waals surface area contributed by atoms with Gasteiger partial charge in [-0.2, -0.15) is 0 Å². The summed E-state index contributed by atoms with van der Waals surface area (Å²) in [4.78, 5) is 10.8. The SMILES string of the molecule is Nc1ccc(N=CCN2CCCC2)nc1. The first kappa shape index (κ1) is 10.1. The van der Waals surface area contributed by atoms with E-state index < -0.39 is 0 Å². The number of hydrogen-bond donors (Lipinski definition) is 1. The maximum absolute atomic E-state index is 5.53. The molecule has 0 spiro atoms. The molecule has 1 saturated heterocycles. The van der Waals surface area contributed by atoms with Crippen LogP contribution in [0.5, 0.6) is 0 Å². The van der Waals surface area contributed by atoms with Gasteiger partial charge in [0.15, 0.2) is 5.82 Å². The Balaban J connectivity index is 1.85. The van der Waals surface area contributed by atoms with Crippen molar-refractivity contribution in [2.24, 2.45) is 4.99 Å². The quantitative estimate of drug-likeness (QED) is 0.758. The molecule has 0 amide bonds. The number of nitrogens with two attached hydrogens (primary N) is 1. The first-order chi connectivity index (χ1) is 7.34. The average molecular weight is 204 g/mol. The first-order valence-corrected chi connectivity index (χ1v) is 5.31. The van der Waals surface area contributed by atoms with E-state index in [2.05, 4.69) is 14.9 Å². The van der Waals surface area contributed by atoms with Gasteiger partial charge in [-0.05, 0) is 38.1 Å². The van der Waals surface area contributed by atoms with Crippen molar-refractivity contribution < 1.29 is 0 Å². The molecule has 0 aromatic carbocycles. The van der Waals surface area contributed by atoms with Crippen molar-refractivity contribution in [1.82, 2.24) is 9.88 Å². The summed E-state index contributed by atoms with van der Waals surface area (Å²) in [5, 5.41) is 0. The number of likely N-dealkylation sites (tertiary alicyclic amines) is 1. The van der Waals surface area contributed by atoms with Gasteiger partial charge < -0.3 is 5.73 Å². The Kier molecular flexibility index (Phi) is 3.29. The number of aliphatic imine (C=N–C) groups is 1. The van der Waals surface area contributed by atoms with E-state index in [0.717, 1.165) is 12.4 Å². The fourth-order valence-corrected chi connectivity index (χ4v) is 1.69. The molecule has 0 unspecified atom stereocenters. The highest BCUT2D eigenvalue weighted by Gasteiger charge is 2.08.